The third kappa shape index (κ3) is 3.22. The van der Waals surface area contributed by atoms with Gasteiger partial charge in [-0.25, -0.2) is 9.24 Å². The van der Waals surface area contributed by atoms with Crippen LogP contribution in [0.5, 0.6) is 0 Å². The van der Waals surface area contributed by atoms with Gasteiger partial charge in [-0.1, -0.05) is 0 Å². The lowest BCUT2D eigenvalue weighted by Gasteiger charge is -1.96. The highest BCUT2D eigenvalue weighted by molar-refractivity contribution is 14.1. The van der Waals surface area contributed by atoms with E-state index in [2.05, 4.69) is 27.2 Å². The molecule has 0 amide bonds. The Labute approximate surface area is 104 Å². The molecule has 0 aliphatic carbocycles. The number of rotatable bonds is 0. The smallest absolute Gasteiger partial charge is 0.224 e. The second-order valence-corrected chi connectivity index (χ2v) is 3.26. The zero-order valence-corrected chi connectivity index (χ0v) is 10.4. The van der Waals surface area contributed by atoms with Crippen molar-refractivity contribution in [2.75, 3.05) is 0 Å². The van der Waals surface area contributed by atoms with E-state index in [4.69, 9.17) is 11.8 Å². The van der Waals surface area contributed by atoms with Gasteiger partial charge in [0.25, 0.3) is 0 Å². The van der Waals surface area contributed by atoms with Crippen molar-refractivity contribution in [3.05, 3.63) is 38.5 Å². The fourth-order valence-electron chi connectivity index (χ4n) is 0.738. The Balaban J connectivity index is 0.000000791. The van der Waals surface area contributed by atoms with Crippen molar-refractivity contribution >= 4 is 50.7 Å². The highest BCUT2D eigenvalue weighted by Gasteiger charge is 2.08. The number of nitriles is 1. The van der Waals surface area contributed by atoms with Crippen molar-refractivity contribution in [1.82, 2.24) is 0 Å². The van der Waals surface area contributed by atoms with Gasteiger partial charge in [0.05, 0.1) is 12.1 Å². The number of hydrogen-bond donors (Lipinski definition) is 0. The van der Waals surface area contributed by atoms with Crippen LogP contribution in [0.3, 0.4) is 0 Å². The molecule has 0 N–H and O–H groups in total. The van der Waals surface area contributed by atoms with E-state index < -0.39 is 5.82 Å². The average Bonchev–Trinajstić information content (AvgIpc) is 2.23. The summed E-state index contributed by atoms with van der Waals surface area (Å²) in [6.07, 6.45) is 0. The van der Waals surface area contributed by atoms with Crippen LogP contribution in [0.1, 0.15) is 5.56 Å². The fourth-order valence-corrected chi connectivity index (χ4v) is 1.34. The Morgan fingerprint density at radius 3 is 2.50 bits per heavy atom. The van der Waals surface area contributed by atoms with E-state index in [0.29, 0.717) is 3.57 Å². The SMILES string of the molecule is S=S.[C-]#[N+]c1cc(I)cc(C#N)c1F. The molecule has 0 aliphatic rings. The van der Waals surface area contributed by atoms with Crippen LogP contribution in [0.15, 0.2) is 12.1 Å². The molecule has 0 fully saturated rings. The molecule has 0 unspecified atom stereocenters. The third-order valence-electron chi connectivity index (χ3n) is 1.26. The third-order valence-corrected chi connectivity index (χ3v) is 1.88. The topological polar surface area (TPSA) is 28.1 Å². The Morgan fingerprint density at radius 1 is 1.50 bits per heavy atom. The maximum Gasteiger partial charge on any atom is 0.224 e. The molecule has 0 radical (unpaired) electrons. The first-order chi connectivity index (χ1) is 6.69. The summed E-state index contributed by atoms with van der Waals surface area (Å²) in [6, 6.07) is 4.50. The Morgan fingerprint density at radius 2 is 2.07 bits per heavy atom. The zero-order chi connectivity index (χ0) is 11.1. The molecular formula is C8H2FIN2S2. The molecule has 0 atom stereocenters. The minimum absolute atomic E-state index is 0.0760. The fraction of sp³-hybridized carbons (Fsp3) is 0. The van der Waals surface area contributed by atoms with Gasteiger partial charge in [-0.05, 0) is 34.7 Å². The maximum atomic E-state index is 13.0. The van der Waals surface area contributed by atoms with Gasteiger partial charge in [-0.15, -0.1) is 0 Å². The predicted molar refractivity (Wildman–Crippen MR) is 64.8 cm³/mol. The molecule has 0 saturated carbocycles. The van der Waals surface area contributed by atoms with E-state index in [1.165, 1.54) is 12.1 Å². The van der Waals surface area contributed by atoms with E-state index in [1.54, 1.807) is 6.07 Å². The van der Waals surface area contributed by atoms with Gasteiger partial charge in [0, 0.05) is 25.9 Å². The second kappa shape index (κ2) is 6.71. The summed E-state index contributed by atoms with van der Waals surface area (Å²) in [5, 5.41) is 8.47. The Hall–Kier alpha value is -0.700. The van der Waals surface area contributed by atoms with Crippen LogP contribution >= 0.6 is 22.6 Å². The van der Waals surface area contributed by atoms with Crippen molar-refractivity contribution in [3.63, 3.8) is 0 Å². The highest BCUT2D eigenvalue weighted by atomic mass is 127. The van der Waals surface area contributed by atoms with Gasteiger partial charge in [-0.3, -0.25) is 0 Å². The van der Waals surface area contributed by atoms with Gasteiger partial charge in [0.2, 0.25) is 5.69 Å². The van der Waals surface area contributed by atoms with E-state index in [0.717, 1.165) is 0 Å². The van der Waals surface area contributed by atoms with E-state index in [9.17, 15) is 4.39 Å². The molecule has 1 rings (SSSR count). The van der Waals surface area contributed by atoms with Crippen LogP contribution in [-0.4, -0.2) is 0 Å². The summed E-state index contributed by atoms with van der Waals surface area (Å²) >= 11 is 9.27. The molecule has 14 heavy (non-hydrogen) atoms. The molecule has 0 spiro atoms. The van der Waals surface area contributed by atoms with Gasteiger partial charge in [-0.2, -0.15) is 5.26 Å². The summed E-state index contributed by atoms with van der Waals surface area (Å²) in [4.78, 5) is 2.96. The molecule has 6 heteroatoms. The number of nitrogens with zero attached hydrogens (tertiary/aromatic N) is 2. The normalized spacial score (nSPS) is 7.71. The average molecular weight is 336 g/mol. The molecule has 70 valence electrons. The lowest BCUT2D eigenvalue weighted by molar-refractivity contribution is 0.629. The van der Waals surface area contributed by atoms with Gasteiger partial charge in [0.15, 0.2) is 0 Å². The molecule has 1 aromatic carbocycles. The zero-order valence-electron chi connectivity index (χ0n) is 6.62. The minimum atomic E-state index is -0.729. The number of hydrogen-bond acceptors (Lipinski definition) is 3. The Kier molecular flexibility index (Phi) is 6.37. The summed E-state index contributed by atoms with van der Waals surface area (Å²) < 4.78 is 13.7. The molecule has 0 aromatic heterocycles. The van der Waals surface area contributed by atoms with Gasteiger partial charge >= 0.3 is 0 Å². The Bertz CT molecular complexity index is 387. The minimum Gasteiger partial charge on any atom is -0.235 e. The van der Waals surface area contributed by atoms with E-state index >= 15 is 0 Å². The lowest BCUT2D eigenvalue weighted by Crippen LogP contribution is -1.84. The van der Waals surface area contributed by atoms with Crippen molar-refractivity contribution < 1.29 is 4.39 Å². The van der Waals surface area contributed by atoms with Crippen LogP contribution in [0.25, 0.3) is 4.85 Å². The van der Waals surface area contributed by atoms with Crippen molar-refractivity contribution in [2.24, 2.45) is 0 Å². The van der Waals surface area contributed by atoms with Crippen LogP contribution in [0.2, 0.25) is 0 Å². The molecule has 0 heterocycles. The summed E-state index contributed by atoms with van der Waals surface area (Å²) in [5.41, 5.74) is -0.175. The van der Waals surface area contributed by atoms with Crippen LogP contribution in [-0.2, 0) is 22.4 Å². The standard InChI is InChI=1S/C8H2FIN2.S2/c1-12-7-3-6(10)2-5(4-11)8(7)9;1-2/h2-3H;. The number of benzene rings is 1. The van der Waals surface area contributed by atoms with Crippen molar-refractivity contribution in [1.29, 1.82) is 5.26 Å². The number of halogens is 2. The largest absolute Gasteiger partial charge is 0.235 e. The van der Waals surface area contributed by atoms with Crippen molar-refractivity contribution in [3.8, 4) is 6.07 Å². The first-order valence-corrected chi connectivity index (χ1v) is 5.53. The monoisotopic (exact) mass is 336 g/mol. The molecule has 2 nitrogen and oxygen atoms in total. The molecular weight excluding hydrogens is 334 g/mol. The molecule has 0 aliphatic heterocycles. The maximum absolute atomic E-state index is 13.0. The van der Waals surface area contributed by atoms with E-state index in [-0.39, 0.29) is 11.3 Å². The first-order valence-electron chi connectivity index (χ1n) is 3.12. The molecule has 1 aromatic rings. The highest BCUT2D eigenvalue weighted by Crippen LogP contribution is 2.23. The second-order valence-electron chi connectivity index (χ2n) is 2.01. The summed E-state index contributed by atoms with van der Waals surface area (Å²) in [6.45, 7) is 6.63. The summed E-state index contributed by atoms with van der Waals surface area (Å²) in [5.74, 6) is -0.729. The van der Waals surface area contributed by atoms with Crippen molar-refractivity contribution in [2.45, 2.75) is 0 Å². The van der Waals surface area contributed by atoms with Gasteiger partial charge in [0.1, 0.15) is 11.9 Å². The predicted octanol–water partition coefficient (Wildman–Crippen LogP) is 2.85. The van der Waals surface area contributed by atoms with Crippen LogP contribution < -0.4 is 0 Å². The van der Waals surface area contributed by atoms with Gasteiger partial charge < -0.3 is 0 Å². The quantitative estimate of drug-likeness (QED) is 0.539. The summed E-state index contributed by atoms with van der Waals surface area (Å²) in [7, 11) is 0. The molecule has 0 bridgehead atoms. The molecule has 0 saturated heterocycles. The van der Waals surface area contributed by atoms with Crippen LogP contribution in [0.4, 0.5) is 10.1 Å². The lowest BCUT2D eigenvalue weighted by atomic mass is 10.2. The van der Waals surface area contributed by atoms with E-state index in [1.807, 2.05) is 22.6 Å². The first kappa shape index (κ1) is 13.3. The van der Waals surface area contributed by atoms with Crippen LogP contribution in [0, 0.1) is 27.3 Å².